The van der Waals surface area contributed by atoms with Gasteiger partial charge in [-0.3, -0.25) is 10.1 Å². The van der Waals surface area contributed by atoms with Gasteiger partial charge in [-0.25, -0.2) is 14.5 Å². The van der Waals surface area contributed by atoms with Crippen LogP contribution in [0.25, 0.3) is 5.82 Å². The molecule has 0 unspecified atom stereocenters. The predicted molar refractivity (Wildman–Crippen MR) is 69.0 cm³/mol. The number of rotatable bonds is 4. The molecule has 0 aliphatic carbocycles. The third-order valence-corrected chi connectivity index (χ3v) is 2.53. The number of esters is 1. The molecule has 9 heteroatoms. The fourth-order valence-electron chi connectivity index (χ4n) is 1.49. The van der Waals surface area contributed by atoms with Crippen molar-refractivity contribution < 1.29 is 14.5 Å². The van der Waals surface area contributed by atoms with Gasteiger partial charge in [0.2, 0.25) is 5.82 Å². The molecule has 0 aliphatic heterocycles. The third kappa shape index (κ3) is 2.75. The van der Waals surface area contributed by atoms with Crippen LogP contribution in [0.3, 0.4) is 0 Å². The molecule has 2 aromatic heterocycles. The summed E-state index contributed by atoms with van der Waals surface area (Å²) in [6.07, 6.45) is 3.81. The molecule has 0 atom stereocenters. The Hall–Kier alpha value is -2.48. The number of carbonyl (C=O) groups is 1. The van der Waals surface area contributed by atoms with Crippen molar-refractivity contribution in [1.29, 1.82) is 0 Å². The molecule has 2 rings (SSSR count). The number of ether oxygens (including phenoxy) is 1. The van der Waals surface area contributed by atoms with E-state index in [0.717, 1.165) is 10.7 Å². The van der Waals surface area contributed by atoms with Crippen LogP contribution in [0.1, 0.15) is 17.3 Å². The molecular formula is C11H9ClN4O4. The van der Waals surface area contributed by atoms with Crippen molar-refractivity contribution in [2.24, 2.45) is 0 Å². The van der Waals surface area contributed by atoms with Crippen molar-refractivity contribution in [1.82, 2.24) is 14.8 Å². The highest BCUT2D eigenvalue weighted by molar-refractivity contribution is 6.30. The lowest BCUT2D eigenvalue weighted by Crippen LogP contribution is -2.05. The molecule has 8 nitrogen and oxygen atoms in total. The maximum atomic E-state index is 11.5. The third-order valence-electron chi connectivity index (χ3n) is 2.32. The smallest absolute Gasteiger partial charge is 0.341 e. The molecule has 0 fully saturated rings. The Morgan fingerprint density at radius 1 is 1.55 bits per heavy atom. The zero-order valence-corrected chi connectivity index (χ0v) is 11.1. The molecule has 0 aliphatic rings. The van der Waals surface area contributed by atoms with Crippen molar-refractivity contribution in [3.63, 3.8) is 0 Å². The minimum absolute atomic E-state index is 0.0325. The summed E-state index contributed by atoms with van der Waals surface area (Å²) in [4.78, 5) is 25.7. The molecule has 0 amide bonds. The van der Waals surface area contributed by atoms with Gasteiger partial charge in [-0.15, -0.1) is 0 Å². The number of aromatic nitrogens is 3. The largest absolute Gasteiger partial charge is 0.462 e. The summed E-state index contributed by atoms with van der Waals surface area (Å²) in [5, 5.41) is 15.0. The van der Waals surface area contributed by atoms with Gasteiger partial charge in [0.25, 0.3) is 0 Å². The first-order valence-corrected chi connectivity index (χ1v) is 5.92. The van der Waals surface area contributed by atoms with E-state index in [2.05, 4.69) is 10.1 Å². The zero-order chi connectivity index (χ0) is 14.7. The summed E-state index contributed by atoms with van der Waals surface area (Å²) in [6.45, 7) is 1.90. The van der Waals surface area contributed by atoms with E-state index in [4.69, 9.17) is 16.3 Å². The molecule has 0 saturated carbocycles. The zero-order valence-electron chi connectivity index (χ0n) is 10.3. The van der Waals surface area contributed by atoms with Gasteiger partial charge < -0.3 is 4.74 Å². The van der Waals surface area contributed by atoms with Crippen LogP contribution in [0.5, 0.6) is 0 Å². The summed E-state index contributed by atoms with van der Waals surface area (Å²) in [5.74, 6) is -0.592. The van der Waals surface area contributed by atoms with Gasteiger partial charge in [0.15, 0.2) is 0 Å². The number of nitrogens with zero attached hydrogens (tertiary/aromatic N) is 4. The van der Waals surface area contributed by atoms with E-state index in [0.29, 0.717) is 0 Å². The lowest BCUT2D eigenvalue weighted by Gasteiger charge is -2.01. The van der Waals surface area contributed by atoms with E-state index in [9.17, 15) is 14.9 Å². The van der Waals surface area contributed by atoms with E-state index in [1.165, 1.54) is 18.6 Å². The molecule has 104 valence electrons. The van der Waals surface area contributed by atoms with Crippen LogP contribution in [0.15, 0.2) is 24.7 Å². The highest BCUT2D eigenvalue weighted by Gasteiger charge is 2.20. The Morgan fingerprint density at radius 3 is 2.95 bits per heavy atom. The standard InChI is InChI=1S/C11H9ClN4O4/c1-2-20-11(17)7-4-14-15(6-7)10-9(16(18)19)3-8(12)5-13-10/h3-6H,2H2,1H3. The summed E-state index contributed by atoms with van der Waals surface area (Å²) >= 11 is 5.67. The van der Waals surface area contributed by atoms with Gasteiger partial charge in [0, 0.05) is 18.5 Å². The molecule has 0 spiro atoms. The van der Waals surface area contributed by atoms with Crippen LogP contribution in [0.2, 0.25) is 5.02 Å². The average molecular weight is 297 g/mol. The van der Waals surface area contributed by atoms with Crippen molar-refractivity contribution in [2.75, 3.05) is 6.61 Å². The van der Waals surface area contributed by atoms with E-state index in [1.54, 1.807) is 6.92 Å². The number of halogens is 1. The van der Waals surface area contributed by atoms with Crippen molar-refractivity contribution in [2.45, 2.75) is 6.92 Å². The highest BCUT2D eigenvalue weighted by Crippen LogP contribution is 2.23. The van der Waals surface area contributed by atoms with E-state index < -0.39 is 10.9 Å². The monoisotopic (exact) mass is 296 g/mol. The first-order valence-electron chi connectivity index (χ1n) is 5.55. The van der Waals surface area contributed by atoms with E-state index in [1.807, 2.05) is 0 Å². The number of nitro groups is 1. The van der Waals surface area contributed by atoms with Crippen LogP contribution in [-0.4, -0.2) is 32.3 Å². The Bertz CT molecular complexity index is 670. The SMILES string of the molecule is CCOC(=O)c1cnn(-c2ncc(Cl)cc2[N+](=O)[O-])c1. The van der Waals surface area contributed by atoms with Crippen LogP contribution < -0.4 is 0 Å². The summed E-state index contributed by atoms with van der Waals surface area (Å²) in [7, 11) is 0. The van der Waals surface area contributed by atoms with Crippen molar-refractivity contribution in [3.05, 3.63) is 45.4 Å². The fourth-order valence-corrected chi connectivity index (χ4v) is 1.64. The van der Waals surface area contributed by atoms with E-state index in [-0.39, 0.29) is 28.7 Å². The second kappa shape index (κ2) is 5.66. The molecule has 20 heavy (non-hydrogen) atoms. The fraction of sp³-hybridized carbons (Fsp3) is 0.182. The minimum Gasteiger partial charge on any atom is -0.462 e. The summed E-state index contributed by atoms with van der Waals surface area (Å²) in [5.41, 5.74) is -0.131. The highest BCUT2D eigenvalue weighted by atomic mass is 35.5. The quantitative estimate of drug-likeness (QED) is 0.486. The molecule has 2 aromatic rings. The normalized spacial score (nSPS) is 10.3. The first kappa shape index (κ1) is 13.9. The predicted octanol–water partition coefficient (Wildman–Crippen LogP) is 2.01. The Kier molecular flexibility index (Phi) is 3.94. The lowest BCUT2D eigenvalue weighted by atomic mass is 10.3. The Labute approximate surface area is 118 Å². The van der Waals surface area contributed by atoms with Crippen molar-refractivity contribution in [3.8, 4) is 5.82 Å². The second-order valence-electron chi connectivity index (χ2n) is 3.65. The first-order chi connectivity index (χ1) is 9.52. The van der Waals surface area contributed by atoms with Crippen molar-refractivity contribution >= 4 is 23.3 Å². The van der Waals surface area contributed by atoms with Crippen LogP contribution in [-0.2, 0) is 4.74 Å². The van der Waals surface area contributed by atoms with Crippen LogP contribution >= 0.6 is 11.6 Å². The molecular weight excluding hydrogens is 288 g/mol. The maximum absolute atomic E-state index is 11.5. The van der Waals surface area contributed by atoms with Gasteiger partial charge in [-0.2, -0.15) is 5.10 Å². The number of hydrogen-bond acceptors (Lipinski definition) is 6. The van der Waals surface area contributed by atoms with Gasteiger partial charge in [0.1, 0.15) is 0 Å². The van der Waals surface area contributed by atoms with Gasteiger partial charge in [0.05, 0.1) is 28.3 Å². The minimum atomic E-state index is -0.625. The van der Waals surface area contributed by atoms with Crippen LogP contribution in [0, 0.1) is 10.1 Å². The lowest BCUT2D eigenvalue weighted by molar-refractivity contribution is -0.384. The second-order valence-corrected chi connectivity index (χ2v) is 4.08. The molecule has 0 N–H and O–H groups in total. The number of carbonyl (C=O) groups excluding carboxylic acids is 1. The molecule has 0 aromatic carbocycles. The molecule has 0 bridgehead atoms. The van der Waals surface area contributed by atoms with Gasteiger partial charge in [-0.05, 0) is 6.92 Å². The molecule has 2 heterocycles. The Balaban J connectivity index is 2.42. The Morgan fingerprint density at radius 2 is 2.30 bits per heavy atom. The summed E-state index contributed by atoms with van der Waals surface area (Å²) < 4.78 is 5.93. The van der Waals surface area contributed by atoms with Crippen LogP contribution in [0.4, 0.5) is 5.69 Å². The van der Waals surface area contributed by atoms with Gasteiger partial charge in [-0.1, -0.05) is 11.6 Å². The average Bonchev–Trinajstić information content (AvgIpc) is 2.88. The molecule has 0 saturated heterocycles. The topological polar surface area (TPSA) is 100 Å². The van der Waals surface area contributed by atoms with Gasteiger partial charge >= 0.3 is 11.7 Å². The molecule has 0 radical (unpaired) electrons. The number of pyridine rings is 1. The summed E-state index contributed by atoms with van der Waals surface area (Å²) in [6, 6.07) is 1.16. The number of hydrogen-bond donors (Lipinski definition) is 0. The maximum Gasteiger partial charge on any atom is 0.341 e. The van der Waals surface area contributed by atoms with E-state index >= 15 is 0 Å².